The number of para-hydroxylation sites is 3. The number of aromatic nitrogens is 2. The van der Waals surface area contributed by atoms with Crippen LogP contribution in [-0.2, 0) is 5.41 Å². The van der Waals surface area contributed by atoms with Crippen LogP contribution in [0.5, 0.6) is 0 Å². The first-order chi connectivity index (χ1) is 27.0. The molecule has 3 nitrogen and oxygen atoms in total. The van der Waals surface area contributed by atoms with Gasteiger partial charge < -0.3 is 14.0 Å². The Hall–Kier alpha value is -6.32. The van der Waals surface area contributed by atoms with Gasteiger partial charge in [0.25, 0.3) is 0 Å². The molecule has 0 N–H and O–H groups in total. The molecule has 0 aliphatic heterocycles. The summed E-state index contributed by atoms with van der Waals surface area (Å²) in [5.74, 6) is 0.653. The van der Waals surface area contributed by atoms with Crippen molar-refractivity contribution in [1.29, 1.82) is 0 Å². The summed E-state index contributed by atoms with van der Waals surface area (Å²) in [4.78, 5) is 2.51. The van der Waals surface area contributed by atoms with Crippen molar-refractivity contribution in [1.82, 2.24) is 9.13 Å². The van der Waals surface area contributed by atoms with Crippen molar-refractivity contribution in [3.05, 3.63) is 181 Å². The summed E-state index contributed by atoms with van der Waals surface area (Å²) in [6, 6.07) is 58.8. The van der Waals surface area contributed by atoms with E-state index in [9.17, 15) is 0 Å². The Morgan fingerprint density at radius 2 is 1.15 bits per heavy atom. The van der Waals surface area contributed by atoms with Crippen LogP contribution < -0.4 is 4.90 Å². The first-order valence-corrected chi connectivity index (χ1v) is 19.8. The molecule has 0 radical (unpaired) electrons. The van der Waals surface area contributed by atoms with Crippen molar-refractivity contribution in [2.24, 2.45) is 5.92 Å². The van der Waals surface area contributed by atoms with Gasteiger partial charge in [0.1, 0.15) is 0 Å². The summed E-state index contributed by atoms with van der Waals surface area (Å²) >= 11 is 0. The molecule has 0 amide bonds. The van der Waals surface area contributed by atoms with E-state index in [2.05, 4.69) is 199 Å². The van der Waals surface area contributed by atoms with E-state index in [0.717, 1.165) is 12.8 Å². The minimum atomic E-state index is -0.0920. The quantitative estimate of drug-likeness (QED) is 0.173. The maximum Gasteiger partial charge on any atom is 0.0548 e. The summed E-state index contributed by atoms with van der Waals surface area (Å²) in [6.07, 6.45) is 5.89. The summed E-state index contributed by atoms with van der Waals surface area (Å²) in [7, 11) is 0. The SMILES string of the molecule is CC1CCC=C(N(c2ccccc2)c2ccc3c(c2)c2cc4c(cc2n3-c2ccc3c(c2)C(C)(C)c2ccccc2-3)c2ccccc2n4-c2ccccc2)C1. The van der Waals surface area contributed by atoms with E-state index in [-0.39, 0.29) is 5.41 Å². The van der Waals surface area contributed by atoms with Gasteiger partial charge in [0.05, 0.1) is 22.1 Å². The molecule has 9 aromatic rings. The standard InChI is InChI=1S/C52H43N3/c1-34-15-14-20-37(29-34)53(35-16-6-4-7-17-35)38-26-28-49-43(30-38)45-33-50-44(42-22-11-13-24-48(42)54(50)36-18-8-5-9-19-36)32-51(45)55(49)39-25-27-41-40-21-10-12-23-46(40)52(2,3)47(41)31-39/h4-13,16-28,30-34H,14-15,29H2,1-3H3. The van der Waals surface area contributed by atoms with Gasteiger partial charge >= 0.3 is 0 Å². The van der Waals surface area contributed by atoms with Crippen LogP contribution in [0.2, 0.25) is 0 Å². The van der Waals surface area contributed by atoms with E-state index >= 15 is 0 Å². The van der Waals surface area contributed by atoms with Gasteiger partial charge in [-0.1, -0.05) is 112 Å². The molecule has 1 unspecified atom stereocenters. The Morgan fingerprint density at radius 1 is 0.509 bits per heavy atom. The van der Waals surface area contributed by atoms with Crippen molar-refractivity contribution < 1.29 is 0 Å². The van der Waals surface area contributed by atoms with Crippen LogP contribution >= 0.6 is 0 Å². The molecule has 0 fully saturated rings. The van der Waals surface area contributed by atoms with Gasteiger partial charge in [0.15, 0.2) is 0 Å². The summed E-state index contributed by atoms with van der Waals surface area (Å²) in [6.45, 7) is 7.14. The third-order valence-corrected chi connectivity index (χ3v) is 12.5. The van der Waals surface area contributed by atoms with Gasteiger partial charge in [0.2, 0.25) is 0 Å². The lowest BCUT2D eigenvalue weighted by Crippen LogP contribution is -2.20. The highest BCUT2D eigenvalue weighted by Crippen LogP contribution is 2.50. The Labute approximate surface area is 322 Å². The lowest BCUT2D eigenvalue weighted by molar-refractivity contribution is 0.505. The zero-order valence-corrected chi connectivity index (χ0v) is 31.6. The van der Waals surface area contributed by atoms with Gasteiger partial charge in [-0.2, -0.15) is 0 Å². The maximum absolute atomic E-state index is 2.52. The molecule has 7 aromatic carbocycles. The lowest BCUT2D eigenvalue weighted by Gasteiger charge is -2.32. The molecular weight excluding hydrogens is 667 g/mol. The molecule has 0 saturated heterocycles. The molecule has 0 bridgehead atoms. The van der Waals surface area contributed by atoms with Gasteiger partial charge in [-0.3, -0.25) is 0 Å². The molecule has 0 spiro atoms. The normalized spacial score (nSPS) is 16.1. The van der Waals surface area contributed by atoms with Crippen molar-refractivity contribution in [2.45, 2.75) is 45.4 Å². The fourth-order valence-electron chi connectivity index (χ4n) is 9.89. The maximum atomic E-state index is 2.52. The van der Waals surface area contributed by atoms with E-state index in [4.69, 9.17) is 0 Å². The second-order valence-corrected chi connectivity index (χ2v) is 16.3. The minimum Gasteiger partial charge on any atom is -0.315 e. The van der Waals surface area contributed by atoms with Crippen molar-refractivity contribution in [3.8, 4) is 22.5 Å². The number of benzene rings is 7. The number of fused-ring (bicyclic) bond motifs is 9. The molecule has 0 saturated carbocycles. The topological polar surface area (TPSA) is 13.1 Å². The summed E-state index contributed by atoms with van der Waals surface area (Å²) in [5, 5.41) is 5.04. The first kappa shape index (κ1) is 32.1. The largest absolute Gasteiger partial charge is 0.315 e. The average Bonchev–Trinajstić information content (AvgIpc) is 3.80. The fraction of sp³-hybridized carbons (Fsp3) is 0.154. The molecule has 2 aliphatic rings. The van der Waals surface area contributed by atoms with Crippen molar-refractivity contribution >= 4 is 55.0 Å². The number of rotatable bonds is 5. The number of anilines is 2. The van der Waals surface area contributed by atoms with E-state index in [1.54, 1.807) is 0 Å². The van der Waals surface area contributed by atoms with Crippen LogP contribution in [0.4, 0.5) is 11.4 Å². The molecule has 2 aromatic heterocycles. The van der Waals surface area contributed by atoms with Crippen LogP contribution in [0.15, 0.2) is 169 Å². The van der Waals surface area contributed by atoms with Gasteiger partial charge in [-0.05, 0) is 120 Å². The van der Waals surface area contributed by atoms with Gasteiger partial charge in [-0.15, -0.1) is 0 Å². The van der Waals surface area contributed by atoms with Crippen molar-refractivity contribution in [3.63, 3.8) is 0 Å². The third-order valence-electron chi connectivity index (χ3n) is 12.5. The summed E-state index contributed by atoms with van der Waals surface area (Å²) in [5.41, 5.74) is 16.4. The molecule has 3 heteroatoms. The minimum absolute atomic E-state index is 0.0920. The van der Waals surface area contributed by atoms with E-state index < -0.39 is 0 Å². The zero-order valence-electron chi connectivity index (χ0n) is 31.6. The van der Waals surface area contributed by atoms with Crippen LogP contribution in [0, 0.1) is 5.92 Å². The molecule has 11 rings (SSSR count). The Balaban J connectivity index is 1.22. The van der Waals surface area contributed by atoms with Crippen LogP contribution in [0.25, 0.3) is 66.1 Å². The highest BCUT2D eigenvalue weighted by Gasteiger charge is 2.35. The first-order valence-electron chi connectivity index (χ1n) is 19.8. The zero-order chi connectivity index (χ0) is 36.8. The monoisotopic (exact) mass is 709 g/mol. The van der Waals surface area contributed by atoms with Crippen LogP contribution in [0.3, 0.4) is 0 Å². The predicted octanol–water partition coefficient (Wildman–Crippen LogP) is 14.0. The fourth-order valence-corrected chi connectivity index (χ4v) is 9.89. The second kappa shape index (κ2) is 12.1. The molecular formula is C52H43N3. The number of hydrogen-bond donors (Lipinski definition) is 0. The predicted molar refractivity (Wildman–Crippen MR) is 232 cm³/mol. The highest BCUT2D eigenvalue weighted by atomic mass is 15.2. The Bertz CT molecular complexity index is 3000. The molecule has 2 aliphatic carbocycles. The molecule has 266 valence electrons. The lowest BCUT2D eigenvalue weighted by atomic mass is 9.82. The number of nitrogens with zero attached hydrogens (tertiary/aromatic N) is 3. The van der Waals surface area contributed by atoms with E-state index in [0.29, 0.717) is 5.92 Å². The van der Waals surface area contributed by atoms with Crippen molar-refractivity contribution in [2.75, 3.05) is 4.90 Å². The smallest absolute Gasteiger partial charge is 0.0548 e. The Morgan fingerprint density at radius 3 is 1.95 bits per heavy atom. The molecule has 1 atom stereocenters. The number of allylic oxidation sites excluding steroid dienone is 2. The van der Waals surface area contributed by atoms with Gasteiger partial charge in [0, 0.05) is 55.4 Å². The van der Waals surface area contributed by atoms with Crippen LogP contribution in [-0.4, -0.2) is 9.13 Å². The molecule has 2 heterocycles. The van der Waals surface area contributed by atoms with E-state index in [1.165, 1.54) is 101 Å². The summed E-state index contributed by atoms with van der Waals surface area (Å²) < 4.78 is 4.97. The van der Waals surface area contributed by atoms with E-state index in [1.807, 2.05) is 0 Å². The highest BCUT2D eigenvalue weighted by molar-refractivity contribution is 6.19. The average molecular weight is 710 g/mol. The van der Waals surface area contributed by atoms with Gasteiger partial charge in [-0.25, -0.2) is 0 Å². The van der Waals surface area contributed by atoms with Crippen LogP contribution in [0.1, 0.15) is 51.2 Å². The number of hydrogen-bond acceptors (Lipinski definition) is 1. The third kappa shape index (κ3) is 4.82. The second-order valence-electron chi connectivity index (χ2n) is 16.3. The Kier molecular flexibility index (Phi) is 7.07. The molecule has 55 heavy (non-hydrogen) atoms.